The second-order valence-corrected chi connectivity index (χ2v) is 8.40. The van der Waals surface area contributed by atoms with E-state index in [4.69, 9.17) is 0 Å². The standard InChI is InChI=1S/C21H23N3O3S/c1-15(18-11-10-17-7-3-4-8-19(17)13-18)24-21(25)23-14-16-6-5-9-20(12-16)28(26,27)22-2/h3-13,15,22H,14H2,1-2H3,(H2,23,24,25). The molecule has 3 N–H and O–H groups in total. The Morgan fingerprint density at radius 3 is 2.46 bits per heavy atom. The predicted octanol–water partition coefficient (Wildman–Crippen LogP) is 3.31. The van der Waals surface area contributed by atoms with Gasteiger partial charge in [0.25, 0.3) is 0 Å². The Balaban J connectivity index is 1.61. The fourth-order valence-electron chi connectivity index (χ4n) is 2.93. The van der Waals surface area contributed by atoms with Crippen LogP contribution in [0.2, 0.25) is 0 Å². The van der Waals surface area contributed by atoms with Crippen molar-refractivity contribution in [1.29, 1.82) is 0 Å². The van der Waals surface area contributed by atoms with Crippen molar-refractivity contribution < 1.29 is 13.2 Å². The minimum Gasteiger partial charge on any atom is -0.334 e. The summed E-state index contributed by atoms with van der Waals surface area (Å²) < 4.78 is 26.0. The lowest BCUT2D eigenvalue weighted by Gasteiger charge is -2.16. The van der Waals surface area contributed by atoms with E-state index < -0.39 is 10.0 Å². The van der Waals surface area contributed by atoms with Gasteiger partial charge in [0.15, 0.2) is 0 Å². The average molecular weight is 398 g/mol. The van der Waals surface area contributed by atoms with Crippen LogP contribution in [0.25, 0.3) is 10.8 Å². The second kappa shape index (κ2) is 8.41. The first-order valence-electron chi connectivity index (χ1n) is 8.94. The molecule has 0 aliphatic rings. The lowest BCUT2D eigenvalue weighted by molar-refractivity contribution is 0.237. The molecule has 3 aromatic rings. The molecule has 0 fully saturated rings. The van der Waals surface area contributed by atoms with E-state index in [2.05, 4.69) is 21.4 Å². The van der Waals surface area contributed by atoms with Gasteiger partial charge in [0.05, 0.1) is 10.9 Å². The number of benzene rings is 3. The monoisotopic (exact) mass is 397 g/mol. The van der Waals surface area contributed by atoms with E-state index in [1.54, 1.807) is 18.2 Å². The minimum atomic E-state index is -3.51. The summed E-state index contributed by atoms with van der Waals surface area (Å²) in [6.07, 6.45) is 0. The molecule has 3 aromatic carbocycles. The van der Waals surface area contributed by atoms with E-state index in [0.29, 0.717) is 5.56 Å². The third-order valence-corrected chi connectivity index (χ3v) is 5.96. The molecular formula is C21H23N3O3S. The average Bonchev–Trinajstić information content (AvgIpc) is 2.72. The van der Waals surface area contributed by atoms with Gasteiger partial charge < -0.3 is 10.6 Å². The summed E-state index contributed by atoms with van der Waals surface area (Å²) in [6, 6.07) is 20.1. The molecule has 146 valence electrons. The van der Waals surface area contributed by atoms with Crippen LogP contribution in [0.4, 0.5) is 4.79 Å². The van der Waals surface area contributed by atoms with Gasteiger partial charge in [0.1, 0.15) is 0 Å². The van der Waals surface area contributed by atoms with Crippen LogP contribution in [0, 0.1) is 0 Å². The van der Waals surface area contributed by atoms with Gasteiger partial charge in [0, 0.05) is 6.54 Å². The number of rotatable bonds is 6. The third-order valence-electron chi connectivity index (χ3n) is 4.55. The molecule has 0 aliphatic heterocycles. The van der Waals surface area contributed by atoms with Crippen LogP contribution in [0.1, 0.15) is 24.1 Å². The summed E-state index contributed by atoms with van der Waals surface area (Å²) >= 11 is 0. The molecule has 0 aromatic heterocycles. The number of urea groups is 1. The van der Waals surface area contributed by atoms with Crippen LogP contribution in [-0.2, 0) is 16.6 Å². The molecular weight excluding hydrogens is 374 g/mol. The van der Waals surface area contributed by atoms with E-state index in [0.717, 1.165) is 16.3 Å². The maximum absolute atomic E-state index is 12.2. The largest absolute Gasteiger partial charge is 0.334 e. The third kappa shape index (κ3) is 4.68. The molecule has 0 saturated carbocycles. The topological polar surface area (TPSA) is 87.3 Å². The highest BCUT2D eigenvalue weighted by molar-refractivity contribution is 7.89. The molecule has 0 saturated heterocycles. The SMILES string of the molecule is CNS(=O)(=O)c1cccc(CNC(=O)NC(C)c2ccc3ccccc3c2)c1. The molecule has 0 bridgehead atoms. The van der Waals surface area contributed by atoms with Gasteiger partial charge in [-0.3, -0.25) is 0 Å². The normalized spacial score (nSPS) is 12.5. The Morgan fingerprint density at radius 2 is 1.71 bits per heavy atom. The number of carbonyl (C=O) groups excluding carboxylic acids is 1. The highest BCUT2D eigenvalue weighted by Crippen LogP contribution is 2.20. The highest BCUT2D eigenvalue weighted by Gasteiger charge is 2.13. The molecule has 28 heavy (non-hydrogen) atoms. The molecule has 1 unspecified atom stereocenters. The van der Waals surface area contributed by atoms with Gasteiger partial charge in [-0.05, 0) is 54.1 Å². The number of carbonyl (C=O) groups is 1. The Hall–Kier alpha value is -2.90. The maximum Gasteiger partial charge on any atom is 0.315 e. The van der Waals surface area contributed by atoms with E-state index in [1.165, 1.54) is 13.1 Å². The fourth-order valence-corrected chi connectivity index (χ4v) is 3.73. The first-order valence-corrected chi connectivity index (χ1v) is 10.4. The van der Waals surface area contributed by atoms with E-state index in [9.17, 15) is 13.2 Å². The second-order valence-electron chi connectivity index (χ2n) is 6.51. The molecule has 0 aliphatic carbocycles. The van der Waals surface area contributed by atoms with Gasteiger partial charge in [-0.2, -0.15) is 0 Å². The minimum absolute atomic E-state index is 0.166. The first kappa shape index (κ1) is 19.9. The van der Waals surface area contributed by atoms with Crippen molar-refractivity contribution in [2.75, 3.05) is 7.05 Å². The summed E-state index contributed by atoms with van der Waals surface area (Å²) in [5.41, 5.74) is 1.71. The van der Waals surface area contributed by atoms with Crippen LogP contribution < -0.4 is 15.4 Å². The maximum atomic E-state index is 12.2. The number of hydrogen-bond donors (Lipinski definition) is 3. The van der Waals surface area contributed by atoms with Gasteiger partial charge in [-0.15, -0.1) is 0 Å². The zero-order valence-corrected chi connectivity index (χ0v) is 16.6. The van der Waals surface area contributed by atoms with Crippen molar-refractivity contribution in [1.82, 2.24) is 15.4 Å². The Kier molecular flexibility index (Phi) is 5.96. The fraction of sp³-hybridized carbons (Fsp3) is 0.190. The number of nitrogens with one attached hydrogen (secondary N) is 3. The lowest BCUT2D eigenvalue weighted by atomic mass is 10.0. The summed E-state index contributed by atoms with van der Waals surface area (Å²) in [5, 5.41) is 7.95. The van der Waals surface area contributed by atoms with Gasteiger partial charge in [-0.25, -0.2) is 17.9 Å². The summed E-state index contributed by atoms with van der Waals surface area (Å²) in [5.74, 6) is 0. The van der Waals surface area contributed by atoms with Crippen molar-refractivity contribution >= 4 is 26.8 Å². The van der Waals surface area contributed by atoms with Gasteiger partial charge in [0.2, 0.25) is 10.0 Å². The molecule has 1 atom stereocenters. The van der Waals surface area contributed by atoms with Crippen molar-refractivity contribution in [3.8, 4) is 0 Å². The Labute approximate surface area is 165 Å². The molecule has 3 rings (SSSR count). The van der Waals surface area contributed by atoms with E-state index >= 15 is 0 Å². The zero-order chi connectivity index (χ0) is 20.1. The van der Waals surface area contributed by atoms with Crippen molar-refractivity contribution in [3.63, 3.8) is 0 Å². The quantitative estimate of drug-likeness (QED) is 0.596. The van der Waals surface area contributed by atoms with Crippen LogP contribution >= 0.6 is 0 Å². The first-order chi connectivity index (χ1) is 13.4. The van der Waals surface area contributed by atoms with Crippen LogP contribution in [-0.4, -0.2) is 21.5 Å². The lowest BCUT2D eigenvalue weighted by Crippen LogP contribution is -2.36. The molecule has 6 nitrogen and oxygen atoms in total. The van der Waals surface area contributed by atoms with E-state index in [-0.39, 0.29) is 23.5 Å². The summed E-state index contributed by atoms with van der Waals surface area (Å²) in [4.78, 5) is 12.4. The number of amides is 2. The Morgan fingerprint density at radius 1 is 0.964 bits per heavy atom. The van der Waals surface area contributed by atoms with Crippen LogP contribution in [0.15, 0.2) is 71.6 Å². The molecule has 2 amide bonds. The van der Waals surface area contributed by atoms with Crippen LogP contribution in [0.3, 0.4) is 0 Å². The zero-order valence-electron chi connectivity index (χ0n) is 15.8. The highest BCUT2D eigenvalue weighted by atomic mass is 32.2. The van der Waals surface area contributed by atoms with Crippen molar-refractivity contribution in [3.05, 3.63) is 77.9 Å². The predicted molar refractivity (Wildman–Crippen MR) is 110 cm³/mol. The summed E-state index contributed by atoms with van der Waals surface area (Å²) in [6.45, 7) is 2.15. The van der Waals surface area contributed by atoms with Gasteiger partial charge in [-0.1, -0.05) is 48.5 Å². The smallest absolute Gasteiger partial charge is 0.315 e. The number of fused-ring (bicyclic) bond motifs is 1. The van der Waals surface area contributed by atoms with Crippen molar-refractivity contribution in [2.45, 2.75) is 24.4 Å². The molecule has 0 spiro atoms. The van der Waals surface area contributed by atoms with Gasteiger partial charge >= 0.3 is 6.03 Å². The number of hydrogen-bond acceptors (Lipinski definition) is 3. The molecule has 7 heteroatoms. The number of sulfonamides is 1. The van der Waals surface area contributed by atoms with E-state index in [1.807, 2.05) is 43.3 Å². The van der Waals surface area contributed by atoms with Crippen molar-refractivity contribution in [2.24, 2.45) is 0 Å². The van der Waals surface area contributed by atoms with Crippen LogP contribution in [0.5, 0.6) is 0 Å². The summed E-state index contributed by atoms with van der Waals surface area (Å²) in [7, 11) is -2.15. The molecule has 0 heterocycles. The molecule has 0 radical (unpaired) electrons. The Bertz CT molecular complexity index is 1100.